The predicted molar refractivity (Wildman–Crippen MR) is 81.7 cm³/mol. The van der Waals surface area contributed by atoms with Gasteiger partial charge in [-0.1, -0.05) is 12.1 Å². The molecule has 0 aliphatic carbocycles. The molecule has 0 saturated carbocycles. The number of hydrogen-bond acceptors (Lipinski definition) is 8. The normalized spacial score (nSPS) is 8.84. The Hall–Kier alpha value is -4.07. The summed E-state index contributed by atoms with van der Waals surface area (Å²) in [6, 6.07) is 8.59. The minimum Gasteiger partial charge on any atom is -0.258 e. The molecule has 2 aromatic rings. The van der Waals surface area contributed by atoms with Crippen LogP contribution in [0.15, 0.2) is 52.4 Å². The van der Waals surface area contributed by atoms with Crippen molar-refractivity contribution in [2.75, 3.05) is 0 Å². The van der Waals surface area contributed by atoms with Gasteiger partial charge in [0.15, 0.2) is 5.69 Å². The SMILES string of the molecule is O=C=Nc1ccc(F)c([N+](=O)[O-])c1.O=C=Nc1ccccc1[N+](=O)[O-]. The van der Waals surface area contributed by atoms with Crippen LogP contribution in [0.25, 0.3) is 0 Å². The van der Waals surface area contributed by atoms with E-state index in [2.05, 4.69) is 9.98 Å². The third-order valence-corrected chi connectivity index (χ3v) is 2.55. The Morgan fingerprint density at radius 2 is 1.48 bits per heavy atom. The van der Waals surface area contributed by atoms with Gasteiger partial charge in [0, 0.05) is 12.1 Å². The van der Waals surface area contributed by atoms with Crippen molar-refractivity contribution in [1.82, 2.24) is 0 Å². The summed E-state index contributed by atoms with van der Waals surface area (Å²) in [4.78, 5) is 44.9. The zero-order valence-electron chi connectivity index (χ0n) is 12.2. The van der Waals surface area contributed by atoms with E-state index in [-0.39, 0.29) is 17.1 Å². The van der Waals surface area contributed by atoms with E-state index in [0.29, 0.717) is 0 Å². The van der Waals surface area contributed by atoms with Crippen molar-refractivity contribution in [1.29, 1.82) is 0 Å². The van der Waals surface area contributed by atoms with Gasteiger partial charge in [0.05, 0.1) is 15.5 Å². The fourth-order valence-electron chi connectivity index (χ4n) is 1.53. The fraction of sp³-hybridized carbons (Fsp3) is 0. The standard InChI is InChI=1S/C7H3FN2O3.C7H4N2O3/c8-6-2-1-5(9-4-11)3-7(6)10(12)13;10-5-8-6-3-1-2-4-7(6)9(11)12/h1-3H;1-4H. The number of rotatable bonds is 4. The second kappa shape index (κ2) is 9.16. The molecule has 2 rings (SSSR count). The molecule has 0 radical (unpaired) electrons. The van der Waals surface area contributed by atoms with Gasteiger partial charge in [0.2, 0.25) is 18.0 Å². The maximum atomic E-state index is 12.7. The molecule has 0 aromatic heterocycles. The molecule has 0 heterocycles. The smallest absolute Gasteiger partial charge is 0.258 e. The summed E-state index contributed by atoms with van der Waals surface area (Å²) >= 11 is 0. The summed E-state index contributed by atoms with van der Waals surface area (Å²) in [6.07, 6.45) is 2.45. The summed E-state index contributed by atoms with van der Waals surface area (Å²) in [5.41, 5.74) is -0.877. The molecule has 0 bridgehead atoms. The largest absolute Gasteiger partial charge is 0.306 e. The monoisotopic (exact) mass is 346 g/mol. The third kappa shape index (κ3) is 5.57. The summed E-state index contributed by atoms with van der Waals surface area (Å²) in [5.74, 6) is -0.963. The van der Waals surface area contributed by atoms with E-state index in [1.165, 1.54) is 30.4 Å². The average Bonchev–Trinajstić information content (AvgIpc) is 2.58. The summed E-state index contributed by atoms with van der Waals surface area (Å²) < 4.78 is 12.7. The van der Waals surface area contributed by atoms with Crippen molar-refractivity contribution in [3.05, 3.63) is 68.5 Å². The van der Waals surface area contributed by atoms with Crippen LogP contribution in [-0.2, 0) is 9.59 Å². The molecular formula is C14H7FN4O6. The number of nitro groups is 2. The van der Waals surface area contributed by atoms with E-state index in [0.717, 1.165) is 18.2 Å². The molecule has 0 unspecified atom stereocenters. The summed E-state index contributed by atoms with van der Waals surface area (Å²) in [6.45, 7) is 0. The number of halogens is 1. The highest BCUT2D eigenvalue weighted by atomic mass is 19.1. The second-order valence-corrected chi connectivity index (χ2v) is 4.04. The van der Waals surface area contributed by atoms with E-state index >= 15 is 0 Å². The Bertz CT molecular complexity index is 883. The molecular weight excluding hydrogens is 339 g/mol. The van der Waals surface area contributed by atoms with Gasteiger partial charge >= 0.3 is 5.69 Å². The Morgan fingerprint density at radius 1 is 0.880 bits per heavy atom. The lowest BCUT2D eigenvalue weighted by Gasteiger charge is -1.93. The molecule has 0 amide bonds. The lowest BCUT2D eigenvalue weighted by atomic mass is 10.3. The third-order valence-electron chi connectivity index (χ3n) is 2.55. The van der Waals surface area contributed by atoms with Crippen LogP contribution >= 0.6 is 0 Å². The predicted octanol–water partition coefficient (Wildman–Crippen LogP) is 3.26. The molecule has 0 N–H and O–H groups in total. The van der Waals surface area contributed by atoms with E-state index in [1.807, 2.05) is 0 Å². The maximum Gasteiger partial charge on any atom is 0.306 e. The van der Waals surface area contributed by atoms with Crippen molar-refractivity contribution in [2.24, 2.45) is 9.98 Å². The van der Waals surface area contributed by atoms with Gasteiger partial charge in [-0.15, -0.1) is 0 Å². The first-order valence-electron chi connectivity index (χ1n) is 6.23. The van der Waals surface area contributed by atoms with Gasteiger partial charge in [-0.25, -0.2) is 9.59 Å². The highest BCUT2D eigenvalue weighted by molar-refractivity contribution is 5.61. The number of benzene rings is 2. The maximum absolute atomic E-state index is 12.7. The van der Waals surface area contributed by atoms with E-state index in [4.69, 9.17) is 0 Å². The van der Waals surface area contributed by atoms with Crippen molar-refractivity contribution < 1.29 is 23.8 Å². The summed E-state index contributed by atoms with van der Waals surface area (Å²) in [5, 5.41) is 20.5. The Morgan fingerprint density at radius 3 is 2.04 bits per heavy atom. The van der Waals surface area contributed by atoms with Crippen LogP contribution < -0.4 is 0 Å². The van der Waals surface area contributed by atoms with Gasteiger partial charge in [-0.05, 0) is 18.2 Å². The highest BCUT2D eigenvalue weighted by Crippen LogP contribution is 2.25. The molecule has 0 fully saturated rings. The van der Waals surface area contributed by atoms with Crippen LogP contribution in [0, 0.1) is 26.0 Å². The van der Waals surface area contributed by atoms with Crippen molar-refractivity contribution >= 4 is 34.9 Å². The molecule has 0 aliphatic rings. The molecule has 11 heteroatoms. The van der Waals surface area contributed by atoms with Gasteiger partial charge in [-0.2, -0.15) is 14.4 Å². The zero-order valence-corrected chi connectivity index (χ0v) is 12.2. The van der Waals surface area contributed by atoms with E-state index in [9.17, 15) is 34.2 Å². The van der Waals surface area contributed by atoms with Crippen LogP contribution in [0.2, 0.25) is 0 Å². The van der Waals surface area contributed by atoms with Crippen molar-refractivity contribution in [2.45, 2.75) is 0 Å². The van der Waals surface area contributed by atoms with E-state index < -0.39 is 21.4 Å². The quantitative estimate of drug-likeness (QED) is 0.359. The second-order valence-electron chi connectivity index (χ2n) is 4.04. The van der Waals surface area contributed by atoms with Gasteiger partial charge < -0.3 is 0 Å². The molecule has 0 spiro atoms. The lowest BCUT2D eigenvalue weighted by molar-refractivity contribution is -0.387. The van der Waals surface area contributed by atoms with E-state index in [1.54, 1.807) is 6.07 Å². The fourth-order valence-corrected chi connectivity index (χ4v) is 1.53. The molecule has 10 nitrogen and oxygen atoms in total. The lowest BCUT2D eigenvalue weighted by Crippen LogP contribution is -1.91. The molecule has 0 aliphatic heterocycles. The number of para-hydroxylation sites is 2. The van der Waals surface area contributed by atoms with Crippen molar-refractivity contribution in [3.63, 3.8) is 0 Å². The number of nitro benzene ring substituents is 2. The minimum absolute atomic E-state index is 0.00287. The van der Waals surface area contributed by atoms with Crippen LogP contribution in [0.5, 0.6) is 0 Å². The van der Waals surface area contributed by atoms with Crippen LogP contribution in [0.1, 0.15) is 0 Å². The number of nitrogens with zero attached hydrogens (tertiary/aromatic N) is 4. The number of carbonyl (C=O) groups excluding carboxylic acids is 2. The van der Waals surface area contributed by atoms with Crippen LogP contribution in [0.4, 0.5) is 27.1 Å². The molecule has 25 heavy (non-hydrogen) atoms. The van der Waals surface area contributed by atoms with Crippen LogP contribution in [0.3, 0.4) is 0 Å². The molecule has 2 aromatic carbocycles. The Balaban J connectivity index is 0.000000251. The number of hydrogen-bond donors (Lipinski definition) is 0. The zero-order chi connectivity index (χ0) is 18.8. The van der Waals surface area contributed by atoms with Gasteiger partial charge in [-0.3, -0.25) is 20.2 Å². The average molecular weight is 346 g/mol. The Labute approximate surface area is 138 Å². The highest BCUT2D eigenvalue weighted by Gasteiger charge is 2.13. The molecule has 0 saturated heterocycles. The first kappa shape index (κ1) is 19.0. The van der Waals surface area contributed by atoms with Crippen LogP contribution in [-0.4, -0.2) is 22.0 Å². The number of isocyanates is 2. The van der Waals surface area contributed by atoms with Crippen molar-refractivity contribution in [3.8, 4) is 0 Å². The topological polar surface area (TPSA) is 145 Å². The first-order chi connectivity index (χ1) is 11.9. The number of aliphatic imine (C=N–C) groups is 2. The van der Waals surface area contributed by atoms with Gasteiger partial charge in [0.25, 0.3) is 5.69 Å². The Kier molecular flexibility index (Phi) is 6.95. The summed E-state index contributed by atoms with van der Waals surface area (Å²) in [7, 11) is 0. The minimum atomic E-state index is -0.963. The molecule has 126 valence electrons. The molecule has 0 atom stereocenters. The first-order valence-corrected chi connectivity index (χ1v) is 6.23. The van der Waals surface area contributed by atoms with Gasteiger partial charge in [0.1, 0.15) is 0 Å².